The van der Waals surface area contributed by atoms with E-state index in [4.69, 9.17) is 4.74 Å². The fourth-order valence-electron chi connectivity index (χ4n) is 2.38. The average Bonchev–Trinajstić information content (AvgIpc) is 2.26. The minimum absolute atomic E-state index is 0.130. The fourth-order valence-corrected chi connectivity index (χ4v) is 2.38. The van der Waals surface area contributed by atoms with Crippen molar-refractivity contribution in [2.24, 2.45) is 5.92 Å². The SMILES string of the molecule is CCCNC(C)C1CCOC(C)(CC)C1. The molecule has 3 atom stereocenters. The number of hydrogen-bond acceptors (Lipinski definition) is 2. The molecule has 0 spiro atoms. The molecule has 0 aromatic carbocycles. The Kier molecular flexibility index (Phi) is 5.07. The van der Waals surface area contributed by atoms with Crippen molar-refractivity contribution in [2.45, 2.75) is 65.0 Å². The average molecular weight is 213 g/mol. The monoisotopic (exact) mass is 213 g/mol. The lowest BCUT2D eigenvalue weighted by Gasteiger charge is -2.40. The molecular formula is C13H27NO. The van der Waals surface area contributed by atoms with Gasteiger partial charge in [-0.25, -0.2) is 0 Å². The molecule has 1 saturated heterocycles. The Labute approximate surface area is 94.8 Å². The van der Waals surface area contributed by atoms with Crippen LogP contribution >= 0.6 is 0 Å². The largest absolute Gasteiger partial charge is 0.375 e. The number of ether oxygens (including phenoxy) is 1. The van der Waals surface area contributed by atoms with Crippen LogP contribution in [0.5, 0.6) is 0 Å². The summed E-state index contributed by atoms with van der Waals surface area (Å²) < 4.78 is 5.87. The molecule has 15 heavy (non-hydrogen) atoms. The summed E-state index contributed by atoms with van der Waals surface area (Å²) in [4.78, 5) is 0. The van der Waals surface area contributed by atoms with Crippen molar-refractivity contribution in [1.82, 2.24) is 5.32 Å². The minimum Gasteiger partial charge on any atom is -0.375 e. The third-order valence-electron chi connectivity index (χ3n) is 3.80. The molecule has 1 heterocycles. The van der Waals surface area contributed by atoms with Crippen LogP contribution in [0.3, 0.4) is 0 Å². The quantitative estimate of drug-likeness (QED) is 0.758. The van der Waals surface area contributed by atoms with E-state index >= 15 is 0 Å². The van der Waals surface area contributed by atoms with Crippen molar-refractivity contribution in [3.05, 3.63) is 0 Å². The van der Waals surface area contributed by atoms with Gasteiger partial charge in [0.1, 0.15) is 0 Å². The maximum absolute atomic E-state index is 5.87. The third-order valence-corrected chi connectivity index (χ3v) is 3.80. The summed E-state index contributed by atoms with van der Waals surface area (Å²) in [7, 11) is 0. The molecule has 2 nitrogen and oxygen atoms in total. The van der Waals surface area contributed by atoms with Crippen LogP contribution in [-0.4, -0.2) is 24.8 Å². The molecule has 0 aromatic rings. The van der Waals surface area contributed by atoms with Gasteiger partial charge in [0.15, 0.2) is 0 Å². The molecule has 1 aliphatic rings. The van der Waals surface area contributed by atoms with Gasteiger partial charge in [0, 0.05) is 12.6 Å². The lowest BCUT2D eigenvalue weighted by atomic mass is 9.82. The molecule has 0 aromatic heterocycles. The first-order valence-corrected chi connectivity index (χ1v) is 6.48. The first-order chi connectivity index (χ1) is 7.11. The van der Waals surface area contributed by atoms with Gasteiger partial charge in [0.25, 0.3) is 0 Å². The van der Waals surface area contributed by atoms with E-state index in [0.717, 1.165) is 25.5 Å². The van der Waals surface area contributed by atoms with Gasteiger partial charge in [-0.15, -0.1) is 0 Å². The highest BCUT2D eigenvalue weighted by molar-refractivity contribution is 4.86. The van der Waals surface area contributed by atoms with Crippen LogP contribution in [0.2, 0.25) is 0 Å². The van der Waals surface area contributed by atoms with Crippen molar-refractivity contribution in [3.8, 4) is 0 Å². The van der Waals surface area contributed by atoms with Crippen molar-refractivity contribution in [2.75, 3.05) is 13.2 Å². The lowest BCUT2D eigenvalue weighted by Crippen LogP contribution is -2.44. The Morgan fingerprint density at radius 2 is 2.20 bits per heavy atom. The van der Waals surface area contributed by atoms with Crippen molar-refractivity contribution in [3.63, 3.8) is 0 Å². The fraction of sp³-hybridized carbons (Fsp3) is 1.00. The van der Waals surface area contributed by atoms with Gasteiger partial charge in [-0.1, -0.05) is 13.8 Å². The first-order valence-electron chi connectivity index (χ1n) is 6.48. The van der Waals surface area contributed by atoms with Crippen LogP contribution < -0.4 is 5.32 Å². The van der Waals surface area contributed by atoms with Gasteiger partial charge in [0.05, 0.1) is 5.60 Å². The third kappa shape index (κ3) is 3.76. The smallest absolute Gasteiger partial charge is 0.0655 e. The number of rotatable bonds is 5. The van der Waals surface area contributed by atoms with Gasteiger partial charge in [-0.3, -0.25) is 0 Å². The maximum atomic E-state index is 5.87. The highest BCUT2D eigenvalue weighted by Crippen LogP contribution is 2.33. The van der Waals surface area contributed by atoms with Gasteiger partial charge >= 0.3 is 0 Å². The van der Waals surface area contributed by atoms with Gasteiger partial charge < -0.3 is 10.1 Å². The van der Waals surface area contributed by atoms with Gasteiger partial charge in [-0.05, 0) is 52.0 Å². The van der Waals surface area contributed by atoms with Crippen LogP contribution in [0.25, 0.3) is 0 Å². The summed E-state index contributed by atoms with van der Waals surface area (Å²) in [6, 6.07) is 0.639. The second kappa shape index (κ2) is 5.86. The van der Waals surface area contributed by atoms with E-state index in [-0.39, 0.29) is 5.60 Å². The molecular weight excluding hydrogens is 186 g/mol. The molecule has 0 saturated carbocycles. The summed E-state index contributed by atoms with van der Waals surface area (Å²) in [6.45, 7) is 11.1. The van der Waals surface area contributed by atoms with Crippen LogP contribution in [0.1, 0.15) is 53.4 Å². The molecule has 0 radical (unpaired) electrons. The Morgan fingerprint density at radius 1 is 1.47 bits per heavy atom. The summed E-state index contributed by atoms with van der Waals surface area (Å²) in [5, 5.41) is 3.61. The highest BCUT2D eigenvalue weighted by Gasteiger charge is 2.33. The molecule has 2 heteroatoms. The maximum Gasteiger partial charge on any atom is 0.0655 e. The Bertz CT molecular complexity index is 183. The zero-order chi connectivity index (χ0) is 11.3. The van der Waals surface area contributed by atoms with E-state index in [9.17, 15) is 0 Å². The predicted molar refractivity (Wildman–Crippen MR) is 65.1 cm³/mol. The van der Waals surface area contributed by atoms with Crippen molar-refractivity contribution in [1.29, 1.82) is 0 Å². The molecule has 1 fully saturated rings. The zero-order valence-corrected chi connectivity index (χ0v) is 10.8. The highest BCUT2D eigenvalue weighted by atomic mass is 16.5. The van der Waals surface area contributed by atoms with E-state index in [1.807, 2.05) is 0 Å². The minimum atomic E-state index is 0.130. The Hall–Kier alpha value is -0.0800. The standard InChI is InChI=1S/C13H27NO/c1-5-8-14-11(3)12-7-9-15-13(4,6-2)10-12/h11-12,14H,5-10H2,1-4H3. The van der Waals surface area contributed by atoms with Crippen LogP contribution in [-0.2, 0) is 4.74 Å². The molecule has 90 valence electrons. The summed E-state index contributed by atoms with van der Waals surface area (Å²) in [5.41, 5.74) is 0.130. The summed E-state index contributed by atoms with van der Waals surface area (Å²) in [6.07, 6.45) is 4.78. The van der Waals surface area contributed by atoms with E-state index < -0.39 is 0 Å². The normalized spacial score (nSPS) is 34.0. The zero-order valence-electron chi connectivity index (χ0n) is 10.8. The van der Waals surface area contributed by atoms with Crippen LogP contribution in [0.4, 0.5) is 0 Å². The van der Waals surface area contributed by atoms with E-state index in [0.29, 0.717) is 6.04 Å². The van der Waals surface area contributed by atoms with Crippen molar-refractivity contribution < 1.29 is 4.74 Å². The molecule has 1 rings (SSSR count). The molecule has 0 aliphatic carbocycles. The van der Waals surface area contributed by atoms with E-state index in [1.54, 1.807) is 0 Å². The van der Waals surface area contributed by atoms with Gasteiger partial charge in [-0.2, -0.15) is 0 Å². The second-order valence-electron chi connectivity index (χ2n) is 5.15. The summed E-state index contributed by atoms with van der Waals surface area (Å²) >= 11 is 0. The number of hydrogen-bond donors (Lipinski definition) is 1. The molecule has 0 amide bonds. The molecule has 1 N–H and O–H groups in total. The molecule has 1 aliphatic heterocycles. The molecule has 3 unspecified atom stereocenters. The van der Waals surface area contributed by atoms with E-state index in [1.165, 1.54) is 19.3 Å². The van der Waals surface area contributed by atoms with Crippen LogP contribution in [0.15, 0.2) is 0 Å². The first kappa shape index (κ1) is 13.0. The lowest BCUT2D eigenvalue weighted by molar-refractivity contribution is -0.0915. The molecule has 0 bridgehead atoms. The number of nitrogens with one attached hydrogen (secondary N) is 1. The second-order valence-corrected chi connectivity index (χ2v) is 5.15. The topological polar surface area (TPSA) is 21.3 Å². The Morgan fingerprint density at radius 3 is 2.80 bits per heavy atom. The van der Waals surface area contributed by atoms with E-state index in [2.05, 4.69) is 33.0 Å². The summed E-state index contributed by atoms with van der Waals surface area (Å²) in [5.74, 6) is 0.787. The van der Waals surface area contributed by atoms with Crippen LogP contribution in [0, 0.1) is 5.92 Å². The van der Waals surface area contributed by atoms with Gasteiger partial charge in [0.2, 0.25) is 0 Å². The Balaban J connectivity index is 2.41. The van der Waals surface area contributed by atoms with Crippen molar-refractivity contribution >= 4 is 0 Å². The predicted octanol–water partition coefficient (Wildman–Crippen LogP) is 2.97.